The van der Waals surface area contributed by atoms with Gasteiger partial charge in [0.1, 0.15) is 104 Å². The molecule has 19 N–H and O–H groups in total. The zero-order valence-electron chi connectivity index (χ0n) is 76.6. The molecule has 73 heteroatoms. The van der Waals surface area contributed by atoms with Crippen molar-refractivity contribution < 1.29 is 131 Å². The van der Waals surface area contributed by atoms with Crippen LogP contribution in [-0.4, -0.2) is 253 Å². The highest BCUT2D eigenvalue weighted by Crippen LogP contribution is 2.59. The molecule has 0 bridgehead atoms. The van der Waals surface area contributed by atoms with Gasteiger partial charge in [0, 0.05) is 111 Å². The SMILES string of the molecule is CC[C@H]1O[C@@H](n2cc(C)c(=O)[nH]c2=O)C[C@H]1OP(O)(=S)OC[C@H]1O[C@@H](n2cc(C)c(=O)[nH]c2=O)C[C@H]1OP(O)(=S)OC[C@H]1O[C@@H](n2cc(C)c(=O)[nH]c2=O)C[C@H]1OP(O)(=S)OC[C@H]1O[C@@H](n2cnc3c(=O)[nH]c(N)nc32)C[C@H]1OP(O)(=S)OC[C@H]1O[C@@H](n2cnc3c(N)ncnc32)C[C@H]1OP(O)(=S)OC[C@H]1O[C@@H](n2cc(C)c(N)nc2=O)C[C@H]1OP(O)(=S)OC[C@H]1O[C@@H](n2cc(C)c(N)nc2=O)C[C@H]1OP(O)(=S)OC. The zero-order chi connectivity index (χ0) is 105. The number of hydrogen-bond donors (Lipinski definition) is 15. The van der Waals surface area contributed by atoms with Crippen LogP contribution < -0.4 is 73.6 Å². The standard InChI is InChI=1S/C72H97N22O37P7S7/c1-8-35-36(9-49(118-35)90-18-32(4)63(95)85-70(90)101)126-133(105,140)112-22-45-39(12-52(121-45)91-19-33(5)64(96)86-71(91)102)128-135(107,142)114-24-46-40(13-53(122-46)92-20-34(6)65(97)87-72(92)103)129-136(108,143)117-26-48-42(15-55(124-48)94-29-80-57-62(94)83-67(76)84-66(57)98)131-138(110,145)116-25-47-41(14-54(123-47)93-28-79-56-60(75)77-27-78-61(56)93)130-137(109,144)115-23-44-38(11-51(120-44)89-17-31(3)59(74)82-69(89)100)127-134(106,141)113-21-43-37(125-132(104,139)111-7)10-50(119-43)88-16-30(2)58(73)81-68(88)99/h16-20,27-29,35-55H,8-15,21-26H2,1-7H3,(H,104,139)(H,105,140)(H,106,141)(H,107,142)(H,108,143)(H,109,144)(H,110,145)(H2,73,81,99)(H2,74,82,100)(H2,75,77,78)(H,85,95,101)(H,86,96,102)(H,87,97,103)(H3,76,83,84,98)/t35-,36-,37-,38-,39-,40-,41-,42-,43-,44-,45-,46-,47-,48-,49-,50-,51-,52-,53-,54-,55-,132?,133?,134?,135?,136?,137?,138?/m1/s1. The van der Waals surface area contributed by atoms with Crippen LogP contribution in [0.5, 0.6) is 0 Å². The molecule has 145 heavy (non-hydrogen) atoms. The van der Waals surface area contributed by atoms with Gasteiger partial charge in [-0.1, -0.05) is 6.92 Å². The first kappa shape index (κ1) is 111. The van der Waals surface area contributed by atoms with E-state index in [4.69, 9.17) is 202 Å². The number of aromatic nitrogens is 18. The van der Waals surface area contributed by atoms with Crippen molar-refractivity contribution in [2.24, 2.45) is 0 Å². The van der Waals surface area contributed by atoms with E-state index >= 15 is 0 Å². The van der Waals surface area contributed by atoms with Crippen LogP contribution in [0.25, 0.3) is 22.3 Å². The summed E-state index contributed by atoms with van der Waals surface area (Å²) in [5.41, 5.74) is 18.0. The highest BCUT2D eigenvalue weighted by atomic mass is 32.5. The molecule has 9 aromatic rings. The summed E-state index contributed by atoms with van der Waals surface area (Å²) in [4.78, 5) is 238. The average molecular weight is 2300 g/mol. The molecule has 0 aromatic carbocycles. The molecular weight excluding hydrogens is 2210 g/mol. The lowest BCUT2D eigenvalue weighted by Crippen LogP contribution is -2.33. The van der Waals surface area contributed by atoms with Crippen LogP contribution >= 0.6 is 47.0 Å². The van der Waals surface area contributed by atoms with Gasteiger partial charge in [-0.2, -0.15) is 15.0 Å². The molecule has 0 radical (unpaired) electrons. The fourth-order valence-corrected chi connectivity index (χ4v) is 26.6. The van der Waals surface area contributed by atoms with Crippen molar-refractivity contribution in [2.45, 2.75) is 222 Å². The maximum atomic E-state index is 13.6. The van der Waals surface area contributed by atoms with Crippen LogP contribution in [-0.2, 0) is 179 Å². The number of fused-ring (bicyclic) bond motifs is 2. The van der Waals surface area contributed by atoms with Crippen molar-refractivity contribution in [3.63, 3.8) is 0 Å². The Labute approximate surface area is 850 Å². The Morgan fingerprint density at radius 2 is 0.607 bits per heavy atom. The second-order valence-electron chi connectivity index (χ2n) is 34.0. The molecule has 59 nitrogen and oxygen atoms in total. The number of ether oxygens (including phenoxy) is 7. The van der Waals surface area contributed by atoms with E-state index < -0.39 is 273 Å². The first-order valence-electron chi connectivity index (χ1n) is 43.6. The van der Waals surface area contributed by atoms with Crippen LogP contribution in [0, 0.1) is 34.6 Å². The Morgan fingerprint density at radius 3 is 0.917 bits per heavy atom. The molecule has 0 saturated carbocycles. The largest absolute Gasteiger partial charge is 0.383 e. The lowest BCUT2D eigenvalue weighted by molar-refractivity contribution is -0.0572. The van der Waals surface area contributed by atoms with Crippen LogP contribution in [0.15, 0.2) is 93.1 Å². The summed E-state index contributed by atoms with van der Waals surface area (Å²) in [6, 6.07) is 0. The van der Waals surface area contributed by atoms with Crippen LogP contribution in [0.1, 0.15) is 130 Å². The Hall–Kier alpha value is -6.67. The summed E-state index contributed by atoms with van der Waals surface area (Å²) in [5.74, 6) is -0.492. The van der Waals surface area contributed by atoms with Gasteiger partial charge in [0.15, 0.2) is 22.6 Å². The number of H-pyrrole nitrogens is 4. The lowest BCUT2D eigenvalue weighted by Gasteiger charge is -2.29. The van der Waals surface area contributed by atoms with Crippen molar-refractivity contribution in [2.75, 3.05) is 69.7 Å². The molecule has 0 spiro atoms. The van der Waals surface area contributed by atoms with Crippen molar-refractivity contribution in [1.29, 1.82) is 0 Å². The molecule has 7 unspecified atom stereocenters. The zero-order valence-corrected chi connectivity index (χ0v) is 88.6. The minimum absolute atomic E-state index is 0.0188. The van der Waals surface area contributed by atoms with Gasteiger partial charge in [-0.15, -0.1) is 0 Å². The molecule has 16 heterocycles. The van der Waals surface area contributed by atoms with E-state index in [0.717, 1.165) is 36.3 Å². The predicted molar refractivity (Wildman–Crippen MR) is 528 cm³/mol. The predicted octanol–water partition coefficient (Wildman–Crippen LogP) is 0.377. The topological polar surface area (TPSA) is 781 Å². The summed E-state index contributed by atoms with van der Waals surface area (Å²) in [5, 5.41) is 0. The number of anilines is 4. The lowest BCUT2D eigenvalue weighted by atomic mass is 10.1. The molecule has 9 aromatic heterocycles. The van der Waals surface area contributed by atoms with E-state index in [9.17, 15) is 77.4 Å². The Bertz CT molecular complexity index is 7390. The van der Waals surface area contributed by atoms with E-state index in [1.807, 2.05) is 0 Å². The highest BCUT2D eigenvalue weighted by Gasteiger charge is 2.52. The smallest absolute Gasteiger partial charge is 0.351 e. The quantitative estimate of drug-likeness (QED) is 0.0230. The normalized spacial score (nSPS) is 29.5. The number of nitrogens with two attached hydrogens (primary N) is 4. The molecule has 7 fully saturated rings. The fraction of sp³-hybridized carbons (Fsp3) is 0.583. The molecule has 16 rings (SSSR count). The first-order chi connectivity index (χ1) is 68.2. The Morgan fingerprint density at radius 1 is 0.338 bits per heavy atom. The number of aryl methyl sites for hydroxylation is 5. The van der Waals surface area contributed by atoms with E-state index in [0.29, 0.717) is 17.5 Å². The number of aromatic amines is 4. The number of rotatable bonds is 41. The molecule has 7 aliphatic rings. The van der Waals surface area contributed by atoms with Gasteiger partial charge >= 0.3 is 75.5 Å². The monoisotopic (exact) mass is 2300 g/mol. The maximum absolute atomic E-state index is 13.6. The number of nitrogens with zero attached hydrogens (tertiary/aromatic N) is 14. The Kier molecular flexibility index (Phi) is 34.1. The fourth-order valence-electron chi connectivity index (χ4n) is 16.8. The number of imidazole rings is 2. The van der Waals surface area contributed by atoms with Crippen molar-refractivity contribution in [3.05, 3.63) is 172 Å². The second-order valence-corrected chi connectivity index (χ2v) is 53.6. The highest BCUT2D eigenvalue weighted by molar-refractivity contribution is 8.09. The molecule has 0 amide bonds. The van der Waals surface area contributed by atoms with E-state index in [-0.39, 0.29) is 101 Å². The third-order valence-electron chi connectivity index (χ3n) is 24.0. The van der Waals surface area contributed by atoms with Crippen LogP contribution in [0.4, 0.5) is 23.4 Å². The number of hydrogen-bond acceptors (Lipinski definition) is 48. The van der Waals surface area contributed by atoms with Gasteiger partial charge in [-0.3, -0.25) is 71.1 Å². The van der Waals surface area contributed by atoms with Gasteiger partial charge in [0.25, 0.3) is 22.2 Å². The maximum Gasteiger partial charge on any atom is 0.351 e. The third-order valence-corrected chi connectivity index (χ3v) is 35.2. The average Bonchev–Trinajstić information content (AvgIpc) is 1.60. The molecule has 7 saturated heterocycles. The molecular formula is C72H97N22O37P7S7. The molecule has 7 aliphatic heterocycles. The van der Waals surface area contributed by atoms with Crippen molar-refractivity contribution >= 4 is 175 Å². The van der Waals surface area contributed by atoms with Gasteiger partial charge in [-0.25, -0.2) is 43.9 Å². The number of nitrogens with one attached hydrogen (secondary N) is 4. The van der Waals surface area contributed by atoms with Gasteiger partial charge < -0.3 is 154 Å². The molecule has 0 aliphatic carbocycles. The summed E-state index contributed by atoms with van der Waals surface area (Å²) in [6.07, 6.45) is -18.6. The van der Waals surface area contributed by atoms with Crippen LogP contribution in [0.2, 0.25) is 0 Å². The summed E-state index contributed by atoms with van der Waals surface area (Å²) in [7, 11) is 1.11. The van der Waals surface area contributed by atoms with E-state index in [1.165, 1.54) is 73.5 Å². The third kappa shape index (κ3) is 26.3. The molecule has 28 atom stereocenters. The van der Waals surface area contributed by atoms with Crippen LogP contribution in [0.3, 0.4) is 0 Å². The minimum Gasteiger partial charge on any atom is -0.383 e. The van der Waals surface area contributed by atoms with E-state index in [1.54, 1.807) is 20.8 Å². The number of nitrogen functional groups attached to an aromatic ring is 4. The van der Waals surface area contributed by atoms with Gasteiger partial charge in [-0.05, 0) is 124 Å². The van der Waals surface area contributed by atoms with Crippen molar-refractivity contribution in [3.8, 4) is 0 Å². The first-order valence-corrected chi connectivity index (χ1v) is 61.7. The second kappa shape index (κ2) is 44.6. The minimum atomic E-state index is -4.77. The van der Waals surface area contributed by atoms with Crippen molar-refractivity contribution in [1.82, 2.24) is 86.8 Å². The van der Waals surface area contributed by atoms with Gasteiger partial charge in [0.2, 0.25) is 5.95 Å². The summed E-state index contributed by atoms with van der Waals surface area (Å²) >= 11 is 38.9. The summed E-state index contributed by atoms with van der Waals surface area (Å²) < 4.78 is 136. The van der Waals surface area contributed by atoms with E-state index in [2.05, 4.69) is 54.8 Å². The summed E-state index contributed by atoms with van der Waals surface area (Å²) in [6.45, 7) is -27.0. The Balaban J connectivity index is 0.614. The molecule has 794 valence electrons. The van der Waals surface area contributed by atoms with Gasteiger partial charge in [0.05, 0.1) is 101 Å².